The van der Waals surface area contributed by atoms with Gasteiger partial charge in [0, 0.05) is 32.3 Å². The Balaban J connectivity index is 1.65. The molecule has 0 saturated carbocycles. The smallest absolute Gasteiger partial charge is 0.191 e. The fraction of sp³-hybridized carbons (Fsp3) is 0.682. The first-order valence-electron chi connectivity index (χ1n) is 10.7. The van der Waals surface area contributed by atoms with E-state index >= 15 is 0 Å². The van der Waals surface area contributed by atoms with Crippen LogP contribution in [-0.2, 0) is 4.74 Å². The SMILES string of the molecule is CCNC(=NCC1CCCN(C)C1c1ccc(OC)cc1)NCC1CCCO1. The zero-order valence-corrected chi connectivity index (χ0v) is 17.6. The van der Waals surface area contributed by atoms with Crippen molar-refractivity contribution in [1.82, 2.24) is 15.5 Å². The van der Waals surface area contributed by atoms with Crippen molar-refractivity contribution in [3.05, 3.63) is 29.8 Å². The van der Waals surface area contributed by atoms with E-state index in [1.165, 1.54) is 18.4 Å². The monoisotopic (exact) mass is 388 g/mol. The minimum Gasteiger partial charge on any atom is -0.497 e. The molecule has 1 aromatic carbocycles. The second-order valence-corrected chi connectivity index (χ2v) is 7.84. The highest BCUT2D eigenvalue weighted by Crippen LogP contribution is 2.35. The number of rotatable bonds is 7. The molecule has 28 heavy (non-hydrogen) atoms. The second kappa shape index (κ2) is 10.7. The van der Waals surface area contributed by atoms with Crippen molar-refractivity contribution in [1.29, 1.82) is 0 Å². The molecule has 6 nitrogen and oxygen atoms in total. The average Bonchev–Trinajstić information content (AvgIpc) is 3.24. The van der Waals surface area contributed by atoms with E-state index in [0.29, 0.717) is 18.1 Å². The zero-order valence-electron chi connectivity index (χ0n) is 17.6. The lowest BCUT2D eigenvalue weighted by Gasteiger charge is -2.39. The van der Waals surface area contributed by atoms with Crippen LogP contribution in [0.1, 0.15) is 44.2 Å². The van der Waals surface area contributed by atoms with Gasteiger partial charge in [-0.2, -0.15) is 0 Å². The molecule has 3 unspecified atom stereocenters. The molecule has 0 amide bonds. The van der Waals surface area contributed by atoms with Gasteiger partial charge < -0.3 is 20.1 Å². The van der Waals surface area contributed by atoms with Gasteiger partial charge in [-0.15, -0.1) is 0 Å². The number of hydrogen-bond donors (Lipinski definition) is 2. The van der Waals surface area contributed by atoms with Crippen LogP contribution in [0.4, 0.5) is 0 Å². The molecule has 0 radical (unpaired) electrons. The molecule has 2 aliphatic heterocycles. The number of piperidine rings is 1. The summed E-state index contributed by atoms with van der Waals surface area (Å²) in [7, 11) is 3.94. The minimum atomic E-state index is 0.316. The molecule has 3 rings (SSSR count). The highest BCUT2D eigenvalue weighted by Gasteiger charge is 2.30. The van der Waals surface area contributed by atoms with Crippen molar-refractivity contribution >= 4 is 5.96 Å². The van der Waals surface area contributed by atoms with Crippen molar-refractivity contribution in [2.75, 3.05) is 46.9 Å². The maximum Gasteiger partial charge on any atom is 0.191 e. The van der Waals surface area contributed by atoms with E-state index in [-0.39, 0.29) is 0 Å². The van der Waals surface area contributed by atoms with Gasteiger partial charge in [-0.3, -0.25) is 9.89 Å². The molecule has 2 N–H and O–H groups in total. The van der Waals surface area contributed by atoms with Gasteiger partial charge in [-0.1, -0.05) is 12.1 Å². The summed E-state index contributed by atoms with van der Waals surface area (Å²) in [5.41, 5.74) is 1.35. The molecule has 2 aliphatic rings. The molecular weight excluding hydrogens is 352 g/mol. The number of ether oxygens (including phenoxy) is 2. The predicted molar refractivity (Wildman–Crippen MR) is 114 cm³/mol. The van der Waals surface area contributed by atoms with Crippen LogP contribution in [-0.4, -0.2) is 63.9 Å². The van der Waals surface area contributed by atoms with Crippen LogP contribution in [0.2, 0.25) is 0 Å². The average molecular weight is 389 g/mol. The molecule has 1 aromatic rings. The first-order valence-corrected chi connectivity index (χ1v) is 10.7. The summed E-state index contributed by atoms with van der Waals surface area (Å²) in [5.74, 6) is 2.31. The number of likely N-dealkylation sites (tertiary alicyclic amines) is 1. The van der Waals surface area contributed by atoms with E-state index in [1.807, 2.05) is 0 Å². The van der Waals surface area contributed by atoms with Crippen molar-refractivity contribution in [2.45, 2.75) is 44.8 Å². The zero-order chi connectivity index (χ0) is 19.8. The van der Waals surface area contributed by atoms with E-state index in [4.69, 9.17) is 14.5 Å². The van der Waals surface area contributed by atoms with Crippen LogP contribution < -0.4 is 15.4 Å². The number of hydrogen-bond acceptors (Lipinski definition) is 4. The summed E-state index contributed by atoms with van der Waals surface area (Å²) < 4.78 is 11.0. The van der Waals surface area contributed by atoms with Crippen LogP contribution in [0.5, 0.6) is 5.75 Å². The number of methoxy groups -OCH3 is 1. The van der Waals surface area contributed by atoms with Gasteiger partial charge in [-0.25, -0.2) is 0 Å². The molecule has 156 valence electrons. The summed E-state index contributed by atoms with van der Waals surface area (Å²) in [6.45, 7) is 6.65. The van der Waals surface area contributed by atoms with E-state index in [1.54, 1.807) is 7.11 Å². The van der Waals surface area contributed by atoms with Gasteiger partial charge in [-0.05, 0) is 69.8 Å². The standard InChI is InChI=1S/C22H36N4O2/c1-4-23-22(25-16-20-8-6-14-28-20)24-15-18-7-5-13-26(2)21(18)17-9-11-19(27-3)12-10-17/h9-12,18,20-21H,4-8,13-16H2,1-3H3,(H2,23,24,25). The Bertz CT molecular complexity index is 613. The number of guanidine groups is 1. The van der Waals surface area contributed by atoms with E-state index in [0.717, 1.165) is 57.3 Å². The van der Waals surface area contributed by atoms with Crippen LogP contribution in [0.3, 0.4) is 0 Å². The number of benzene rings is 1. The summed E-state index contributed by atoms with van der Waals surface area (Å²) in [4.78, 5) is 7.40. The third-order valence-corrected chi connectivity index (χ3v) is 5.81. The van der Waals surface area contributed by atoms with Crippen LogP contribution in [0, 0.1) is 5.92 Å². The lowest BCUT2D eigenvalue weighted by Crippen LogP contribution is -2.42. The van der Waals surface area contributed by atoms with Gasteiger partial charge in [0.25, 0.3) is 0 Å². The van der Waals surface area contributed by atoms with Crippen LogP contribution in [0.15, 0.2) is 29.3 Å². The third kappa shape index (κ3) is 5.61. The lowest BCUT2D eigenvalue weighted by molar-refractivity contribution is 0.113. The largest absolute Gasteiger partial charge is 0.497 e. The summed E-state index contributed by atoms with van der Waals surface area (Å²) >= 11 is 0. The molecule has 2 heterocycles. The second-order valence-electron chi connectivity index (χ2n) is 7.84. The Labute approximate surface area is 169 Å². The fourth-order valence-corrected chi connectivity index (χ4v) is 4.34. The van der Waals surface area contributed by atoms with Crippen molar-refractivity contribution in [2.24, 2.45) is 10.9 Å². The fourth-order valence-electron chi connectivity index (χ4n) is 4.34. The molecular formula is C22H36N4O2. The van der Waals surface area contributed by atoms with Gasteiger partial charge in [0.1, 0.15) is 5.75 Å². The Kier molecular flexibility index (Phi) is 7.98. The highest BCUT2D eigenvalue weighted by molar-refractivity contribution is 5.79. The van der Waals surface area contributed by atoms with Crippen molar-refractivity contribution < 1.29 is 9.47 Å². The maximum atomic E-state index is 5.72. The number of nitrogens with zero attached hydrogens (tertiary/aromatic N) is 2. The van der Waals surface area contributed by atoms with Crippen molar-refractivity contribution in [3.63, 3.8) is 0 Å². The first kappa shape index (κ1) is 20.9. The maximum absolute atomic E-state index is 5.72. The Morgan fingerprint density at radius 2 is 2.04 bits per heavy atom. The Morgan fingerprint density at radius 1 is 1.21 bits per heavy atom. The number of aliphatic imine (C=N–C) groups is 1. The topological polar surface area (TPSA) is 58.1 Å². The van der Waals surface area contributed by atoms with Gasteiger partial charge in [0.05, 0.1) is 13.2 Å². The van der Waals surface area contributed by atoms with Gasteiger partial charge in [0.15, 0.2) is 5.96 Å². The molecule has 3 atom stereocenters. The van der Waals surface area contributed by atoms with E-state index in [9.17, 15) is 0 Å². The molecule has 0 aliphatic carbocycles. The predicted octanol–water partition coefficient (Wildman–Crippen LogP) is 2.81. The highest BCUT2D eigenvalue weighted by atomic mass is 16.5. The molecule has 0 bridgehead atoms. The minimum absolute atomic E-state index is 0.316. The number of nitrogens with one attached hydrogen (secondary N) is 2. The molecule has 2 fully saturated rings. The molecule has 0 spiro atoms. The van der Waals surface area contributed by atoms with Gasteiger partial charge in [0.2, 0.25) is 0 Å². The van der Waals surface area contributed by atoms with Crippen molar-refractivity contribution in [3.8, 4) is 5.75 Å². The van der Waals surface area contributed by atoms with E-state index in [2.05, 4.69) is 53.8 Å². The van der Waals surface area contributed by atoms with E-state index < -0.39 is 0 Å². The quantitative estimate of drug-likeness (QED) is 0.556. The first-order chi connectivity index (χ1) is 13.7. The van der Waals surface area contributed by atoms with Gasteiger partial charge >= 0.3 is 0 Å². The molecule has 2 saturated heterocycles. The normalized spacial score (nSPS) is 26.2. The third-order valence-electron chi connectivity index (χ3n) is 5.81. The Hall–Kier alpha value is -1.79. The summed E-state index contributed by atoms with van der Waals surface area (Å²) in [6, 6.07) is 8.91. The molecule has 0 aromatic heterocycles. The lowest BCUT2D eigenvalue weighted by atomic mass is 9.85. The summed E-state index contributed by atoms with van der Waals surface area (Å²) in [6.07, 6.45) is 5.05. The molecule has 6 heteroatoms. The summed E-state index contributed by atoms with van der Waals surface area (Å²) in [5, 5.41) is 6.85. The van der Waals surface area contributed by atoms with Crippen LogP contribution in [0.25, 0.3) is 0 Å². The Morgan fingerprint density at radius 3 is 2.71 bits per heavy atom. The van der Waals surface area contributed by atoms with Crippen LogP contribution >= 0.6 is 0 Å².